The second kappa shape index (κ2) is 9.92. The number of hydrogen-bond acceptors (Lipinski definition) is 1. The summed E-state index contributed by atoms with van der Waals surface area (Å²) in [6, 6.07) is 15.4. The highest BCUT2D eigenvalue weighted by Gasteiger charge is 2.37. The summed E-state index contributed by atoms with van der Waals surface area (Å²) in [4.78, 5) is 12.9. The van der Waals surface area contributed by atoms with Gasteiger partial charge in [-0.15, -0.1) is 0 Å². The molecule has 2 fully saturated rings. The lowest BCUT2D eigenvalue weighted by atomic mass is 9.64. The first-order valence-electron chi connectivity index (χ1n) is 12.2. The molecule has 2 aromatic rings. The van der Waals surface area contributed by atoms with E-state index >= 15 is 0 Å². The quantitative estimate of drug-likeness (QED) is 0.421. The molecule has 4 atom stereocenters. The van der Waals surface area contributed by atoms with E-state index in [-0.39, 0.29) is 0 Å². The van der Waals surface area contributed by atoms with E-state index in [4.69, 9.17) is 0 Å². The van der Waals surface area contributed by atoms with E-state index in [2.05, 4.69) is 49.4 Å². The van der Waals surface area contributed by atoms with Crippen LogP contribution in [0.4, 0.5) is 0 Å². The van der Waals surface area contributed by atoms with Crippen molar-refractivity contribution in [3.63, 3.8) is 0 Å². The number of carbonyl (C=O) groups excluding carboxylic acids is 1. The van der Waals surface area contributed by atoms with Crippen molar-refractivity contribution in [1.82, 2.24) is 0 Å². The third-order valence-electron chi connectivity index (χ3n) is 7.81. The Morgan fingerprint density at radius 3 is 2.66 bits per heavy atom. The van der Waals surface area contributed by atoms with Crippen LogP contribution in [0.15, 0.2) is 42.5 Å². The van der Waals surface area contributed by atoms with Gasteiger partial charge in [-0.05, 0) is 59.8 Å². The van der Waals surface area contributed by atoms with Gasteiger partial charge < -0.3 is 0 Å². The molecule has 4 rings (SSSR count). The predicted octanol–water partition coefficient (Wildman–Crippen LogP) is 7.75. The first-order chi connectivity index (χ1) is 14.2. The van der Waals surface area contributed by atoms with E-state index in [1.165, 1.54) is 74.1 Å². The van der Waals surface area contributed by atoms with E-state index in [0.29, 0.717) is 17.6 Å². The van der Waals surface area contributed by atoms with Gasteiger partial charge in [0.2, 0.25) is 0 Å². The van der Waals surface area contributed by atoms with E-state index in [9.17, 15) is 4.79 Å². The Balaban J connectivity index is 1.22. The molecule has 2 saturated carbocycles. The fourth-order valence-electron chi connectivity index (χ4n) is 6.26. The Morgan fingerprint density at radius 1 is 0.931 bits per heavy atom. The molecule has 1 heteroatoms. The van der Waals surface area contributed by atoms with Crippen molar-refractivity contribution in [2.75, 3.05) is 0 Å². The van der Waals surface area contributed by atoms with Gasteiger partial charge in [-0.25, -0.2) is 0 Å². The molecule has 0 bridgehead atoms. The molecule has 4 unspecified atom stereocenters. The van der Waals surface area contributed by atoms with Gasteiger partial charge in [0.15, 0.2) is 0 Å². The van der Waals surface area contributed by atoms with Crippen LogP contribution in [-0.4, -0.2) is 5.78 Å². The second-order valence-electron chi connectivity index (χ2n) is 9.91. The van der Waals surface area contributed by atoms with Crippen LogP contribution in [0.25, 0.3) is 10.8 Å². The average molecular weight is 391 g/mol. The molecule has 1 nitrogen and oxygen atoms in total. The van der Waals surface area contributed by atoms with Gasteiger partial charge in [-0.1, -0.05) is 94.3 Å². The number of benzene rings is 2. The molecule has 0 aromatic heterocycles. The van der Waals surface area contributed by atoms with E-state index in [0.717, 1.165) is 31.1 Å². The molecule has 0 aliphatic heterocycles. The molecule has 0 heterocycles. The Labute approximate surface area is 177 Å². The molecule has 29 heavy (non-hydrogen) atoms. The number of unbranched alkanes of at least 4 members (excludes halogenated alkanes) is 1. The number of fused-ring (bicyclic) bond motifs is 2. The number of rotatable bonds is 8. The Morgan fingerprint density at radius 2 is 1.72 bits per heavy atom. The highest BCUT2D eigenvalue weighted by Crippen LogP contribution is 2.44. The summed E-state index contributed by atoms with van der Waals surface area (Å²) in [5, 5.41) is 2.74. The van der Waals surface area contributed by atoms with Gasteiger partial charge in [0.1, 0.15) is 5.78 Å². The SMILES string of the molecule is CC(CCCCC(=O)C1CCCC2CCCCC21)Cc1cccc2ccccc12. The number of carbonyl (C=O) groups is 1. The molecule has 2 aliphatic rings. The normalized spacial score (nSPS) is 25.5. The molecule has 0 amide bonds. The molecule has 156 valence electrons. The van der Waals surface area contributed by atoms with Crippen LogP contribution in [0.5, 0.6) is 0 Å². The van der Waals surface area contributed by atoms with Crippen molar-refractivity contribution in [2.24, 2.45) is 23.7 Å². The highest BCUT2D eigenvalue weighted by atomic mass is 16.1. The van der Waals surface area contributed by atoms with Crippen LogP contribution in [-0.2, 0) is 11.2 Å². The van der Waals surface area contributed by atoms with Crippen LogP contribution in [0, 0.1) is 23.7 Å². The standard InChI is InChI=1S/C28H38O/c1-21(20-24-15-8-13-22-11-3-5-16-25(22)24)10-2-7-19-28(29)27-18-9-14-23-12-4-6-17-26(23)27/h3,5,8,11,13,15-16,21,23,26-27H,2,4,6-7,9-10,12,14,17-20H2,1H3. The van der Waals surface area contributed by atoms with Gasteiger partial charge >= 0.3 is 0 Å². The summed E-state index contributed by atoms with van der Waals surface area (Å²) in [5.74, 6) is 3.28. The third-order valence-corrected chi connectivity index (χ3v) is 7.81. The molecule has 0 N–H and O–H groups in total. The molecule has 2 aliphatic carbocycles. The maximum atomic E-state index is 12.9. The summed E-state index contributed by atoms with van der Waals surface area (Å²) in [5.41, 5.74) is 1.47. The van der Waals surface area contributed by atoms with Gasteiger partial charge in [-0.2, -0.15) is 0 Å². The Bertz CT molecular complexity index is 800. The van der Waals surface area contributed by atoms with Crippen LogP contribution in [0.2, 0.25) is 0 Å². The van der Waals surface area contributed by atoms with Crippen molar-refractivity contribution in [1.29, 1.82) is 0 Å². The summed E-state index contributed by atoms with van der Waals surface area (Å²) >= 11 is 0. The number of ketones is 1. The fourth-order valence-corrected chi connectivity index (χ4v) is 6.26. The lowest BCUT2D eigenvalue weighted by Gasteiger charge is -2.40. The van der Waals surface area contributed by atoms with Gasteiger partial charge in [0, 0.05) is 12.3 Å². The third kappa shape index (κ3) is 5.11. The zero-order valence-electron chi connectivity index (χ0n) is 18.2. The maximum absolute atomic E-state index is 12.9. The van der Waals surface area contributed by atoms with E-state index in [1.807, 2.05) is 0 Å². The van der Waals surface area contributed by atoms with E-state index < -0.39 is 0 Å². The van der Waals surface area contributed by atoms with Crippen LogP contribution in [0.3, 0.4) is 0 Å². The minimum absolute atomic E-state index is 0.405. The molecular weight excluding hydrogens is 352 g/mol. The fraction of sp³-hybridized carbons (Fsp3) is 0.607. The monoisotopic (exact) mass is 390 g/mol. The number of Topliss-reactive ketones (excluding diaryl/α,β-unsaturated/α-hetero) is 1. The summed E-state index contributed by atoms with van der Waals surface area (Å²) in [6.07, 6.45) is 14.8. The predicted molar refractivity (Wildman–Crippen MR) is 123 cm³/mol. The Hall–Kier alpha value is -1.63. The van der Waals surface area contributed by atoms with Crippen LogP contribution < -0.4 is 0 Å². The second-order valence-corrected chi connectivity index (χ2v) is 9.91. The number of hydrogen-bond donors (Lipinski definition) is 0. The van der Waals surface area contributed by atoms with Crippen molar-refractivity contribution >= 4 is 16.6 Å². The highest BCUT2D eigenvalue weighted by molar-refractivity contribution is 5.85. The lowest BCUT2D eigenvalue weighted by Crippen LogP contribution is -2.35. The Kier molecular flexibility index (Phi) is 7.06. The summed E-state index contributed by atoms with van der Waals surface area (Å²) in [6.45, 7) is 2.37. The largest absolute Gasteiger partial charge is 0.299 e. The maximum Gasteiger partial charge on any atom is 0.136 e. The van der Waals surface area contributed by atoms with Gasteiger partial charge in [0.25, 0.3) is 0 Å². The first-order valence-corrected chi connectivity index (χ1v) is 12.2. The molecule has 0 spiro atoms. The molecular formula is C28H38O. The molecule has 0 radical (unpaired) electrons. The summed E-state index contributed by atoms with van der Waals surface area (Å²) in [7, 11) is 0. The van der Waals surface area contributed by atoms with Crippen molar-refractivity contribution in [3.05, 3.63) is 48.0 Å². The first kappa shape index (κ1) is 20.6. The van der Waals surface area contributed by atoms with Crippen molar-refractivity contribution in [2.45, 2.75) is 84.0 Å². The van der Waals surface area contributed by atoms with Crippen molar-refractivity contribution in [3.8, 4) is 0 Å². The van der Waals surface area contributed by atoms with Gasteiger partial charge in [0.05, 0.1) is 0 Å². The smallest absolute Gasteiger partial charge is 0.136 e. The van der Waals surface area contributed by atoms with E-state index in [1.54, 1.807) is 0 Å². The topological polar surface area (TPSA) is 17.1 Å². The molecule has 0 saturated heterocycles. The lowest BCUT2D eigenvalue weighted by molar-refractivity contribution is -0.127. The zero-order valence-corrected chi connectivity index (χ0v) is 18.2. The zero-order chi connectivity index (χ0) is 20.1. The minimum Gasteiger partial charge on any atom is -0.299 e. The summed E-state index contributed by atoms with van der Waals surface area (Å²) < 4.78 is 0. The van der Waals surface area contributed by atoms with Crippen LogP contribution >= 0.6 is 0 Å². The van der Waals surface area contributed by atoms with Crippen molar-refractivity contribution < 1.29 is 4.79 Å². The average Bonchev–Trinajstić information content (AvgIpc) is 2.76. The minimum atomic E-state index is 0.405. The van der Waals surface area contributed by atoms with Crippen LogP contribution in [0.1, 0.15) is 83.1 Å². The van der Waals surface area contributed by atoms with Gasteiger partial charge in [-0.3, -0.25) is 4.79 Å². The molecule has 2 aromatic carbocycles.